The van der Waals surface area contributed by atoms with Gasteiger partial charge in [-0.05, 0) is 30.5 Å². The van der Waals surface area contributed by atoms with E-state index < -0.39 is 0 Å². The van der Waals surface area contributed by atoms with Crippen molar-refractivity contribution in [3.8, 4) is 0 Å². The zero-order valence-corrected chi connectivity index (χ0v) is 17.6. The van der Waals surface area contributed by atoms with Crippen molar-refractivity contribution in [1.29, 1.82) is 0 Å². The summed E-state index contributed by atoms with van der Waals surface area (Å²) < 4.78 is 3.52. The van der Waals surface area contributed by atoms with Crippen LogP contribution >= 0.6 is 11.8 Å². The van der Waals surface area contributed by atoms with Gasteiger partial charge in [0.15, 0.2) is 5.16 Å². The molecule has 4 aromatic rings. The van der Waals surface area contributed by atoms with Crippen LogP contribution in [-0.2, 0) is 17.8 Å². The van der Waals surface area contributed by atoms with Crippen LogP contribution < -0.4 is 10.9 Å². The van der Waals surface area contributed by atoms with E-state index in [9.17, 15) is 9.59 Å². The van der Waals surface area contributed by atoms with Gasteiger partial charge in [-0.25, -0.2) is 0 Å². The molecule has 0 fully saturated rings. The van der Waals surface area contributed by atoms with Crippen molar-refractivity contribution in [3.05, 3.63) is 70.5 Å². The molecule has 7 nitrogen and oxygen atoms in total. The highest BCUT2D eigenvalue weighted by Crippen LogP contribution is 2.21. The average molecular weight is 422 g/mol. The highest BCUT2D eigenvalue weighted by molar-refractivity contribution is 7.99. The van der Waals surface area contributed by atoms with E-state index in [1.165, 1.54) is 17.3 Å². The molecule has 0 saturated heterocycles. The number of carbonyl (C=O) groups is 1. The molecule has 8 heteroatoms. The van der Waals surface area contributed by atoms with Crippen LogP contribution in [0.3, 0.4) is 0 Å². The molecule has 0 spiro atoms. The first-order chi connectivity index (χ1) is 14.7. The lowest BCUT2D eigenvalue weighted by Gasteiger charge is -2.10. The number of nitrogens with one attached hydrogen (secondary N) is 1. The van der Waals surface area contributed by atoms with Gasteiger partial charge < -0.3 is 5.32 Å². The average Bonchev–Trinajstić information content (AvgIpc) is 3.20. The third-order valence-corrected chi connectivity index (χ3v) is 5.77. The molecule has 0 aliphatic carbocycles. The second-order valence-corrected chi connectivity index (χ2v) is 7.91. The van der Waals surface area contributed by atoms with Crippen LogP contribution in [0.4, 0.5) is 0 Å². The Morgan fingerprint density at radius 3 is 2.63 bits per heavy atom. The van der Waals surface area contributed by atoms with Crippen LogP contribution in [0, 0.1) is 0 Å². The third kappa shape index (κ3) is 4.09. The lowest BCUT2D eigenvalue weighted by atomic mass is 10.1. The molecule has 2 aromatic heterocycles. The Morgan fingerprint density at radius 2 is 1.83 bits per heavy atom. The Balaban J connectivity index is 1.52. The van der Waals surface area contributed by atoms with E-state index in [1.54, 1.807) is 4.57 Å². The predicted molar refractivity (Wildman–Crippen MR) is 119 cm³/mol. The zero-order chi connectivity index (χ0) is 20.9. The van der Waals surface area contributed by atoms with Gasteiger partial charge in [0.05, 0.1) is 16.7 Å². The summed E-state index contributed by atoms with van der Waals surface area (Å²) in [5.74, 6) is 0.683. The normalized spacial score (nSPS) is 11.2. The van der Waals surface area contributed by atoms with Gasteiger partial charge in [0.25, 0.3) is 5.56 Å². The summed E-state index contributed by atoms with van der Waals surface area (Å²) in [4.78, 5) is 25.2. The Bertz CT molecular complexity index is 1230. The molecule has 1 amide bonds. The second-order valence-electron chi connectivity index (χ2n) is 6.97. The van der Waals surface area contributed by atoms with Crippen molar-refractivity contribution < 1.29 is 4.79 Å². The van der Waals surface area contributed by atoms with E-state index in [4.69, 9.17) is 0 Å². The summed E-state index contributed by atoms with van der Waals surface area (Å²) in [5, 5.41) is 12.7. The van der Waals surface area contributed by atoms with Gasteiger partial charge in [-0.15, -0.1) is 10.2 Å². The van der Waals surface area contributed by atoms with E-state index >= 15 is 0 Å². The Morgan fingerprint density at radius 1 is 1.07 bits per heavy atom. The molecule has 30 heavy (non-hydrogen) atoms. The number of para-hydroxylation sites is 1. The maximum absolute atomic E-state index is 12.9. The molecule has 2 aromatic carbocycles. The fourth-order valence-electron chi connectivity index (χ4n) is 3.42. The summed E-state index contributed by atoms with van der Waals surface area (Å²) in [5.41, 5.74) is 1.87. The molecule has 0 atom stereocenters. The van der Waals surface area contributed by atoms with Crippen molar-refractivity contribution in [2.45, 2.75) is 31.5 Å². The monoisotopic (exact) mass is 421 g/mol. The topological polar surface area (TPSA) is 81.3 Å². The number of amides is 1. The molecule has 0 unspecified atom stereocenters. The number of hydrogen-bond acceptors (Lipinski definition) is 5. The smallest absolute Gasteiger partial charge is 0.262 e. The van der Waals surface area contributed by atoms with Gasteiger partial charge in [-0.3, -0.25) is 18.6 Å². The first kappa shape index (κ1) is 20.2. The fourth-order valence-corrected chi connectivity index (χ4v) is 4.19. The minimum atomic E-state index is -0.0671. The number of nitrogens with zero attached hydrogens (tertiary/aromatic N) is 4. The third-order valence-electron chi connectivity index (χ3n) is 4.84. The molecule has 4 rings (SSSR count). The van der Waals surface area contributed by atoms with Crippen LogP contribution in [0.5, 0.6) is 0 Å². The maximum Gasteiger partial charge on any atom is 0.262 e. The summed E-state index contributed by atoms with van der Waals surface area (Å²) in [6.07, 6.45) is 1.60. The van der Waals surface area contributed by atoms with Gasteiger partial charge in [0.2, 0.25) is 11.7 Å². The highest BCUT2D eigenvalue weighted by Gasteiger charge is 2.17. The fraction of sp³-hybridized carbons (Fsp3) is 0.273. The first-order valence-corrected chi connectivity index (χ1v) is 11.0. The van der Waals surface area contributed by atoms with Gasteiger partial charge >= 0.3 is 0 Å². The minimum Gasteiger partial charge on any atom is -0.355 e. The molecule has 2 heterocycles. The molecule has 0 aliphatic heterocycles. The Kier molecular flexibility index (Phi) is 6.13. The first-order valence-electron chi connectivity index (χ1n) is 9.99. The van der Waals surface area contributed by atoms with E-state index in [-0.39, 0.29) is 17.2 Å². The lowest BCUT2D eigenvalue weighted by molar-refractivity contribution is -0.118. The van der Waals surface area contributed by atoms with Crippen molar-refractivity contribution in [2.24, 2.45) is 0 Å². The molecule has 0 bridgehead atoms. The van der Waals surface area contributed by atoms with E-state index in [0.717, 1.165) is 18.4 Å². The molecule has 1 N–H and O–H groups in total. The zero-order valence-electron chi connectivity index (χ0n) is 16.7. The second kappa shape index (κ2) is 9.13. The predicted octanol–water partition coefficient (Wildman–Crippen LogP) is 2.91. The van der Waals surface area contributed by atoms with Crippen LogP contribution in [0.25, 0.3) is 16.7 Å². The highest BCUT2D eigenvalue weighted by atomic mass is 32.2. The van der Waals surface area contributed by atoms with Crippen LogP contribution in [0.1, 0.15) is 18.9 Å². The van der Waals surface area contributed by atoms with E-state index in [2.05, 4.69) is 15.5 Å². The molecule has 0 radical (unpaired) electrons. The SMILES string of the molecule is CCCn1c(=O)c2ccccc2n2c(SCC(=O)NCCc3ccccc3)nnc12. The largest absolute Gasteiger partial charge is 0.355 e. The number of fused-ring (bicyclic) bond motifs is 3. The summed E-state index contributed by atoms with van der Waals surface area (Å²) in [6.45, 7) is 3.17. The van der Waals surface area contributed by atoms with Gasteiger partial charge in [-0.2, -0.15) is 0 Å². The Labute approximate surface area is 178 Å². The number of aryl methyl sites for hydroxylation is 1. The number of rotatable bonds is 8. The minimum absolute atomic E-state index is 0.0566. The van der Waals surface area contributed by atoms with Crippen LogP contribution in [0.15, 0.2) is 64.5 Å². The molecular formula is C22H23N5O2S. The quantitative estimate of drug-likeness (QED) is 0.443. The molecule has 0 aliphatic rings. The van der Waals surface area contributed by atoms with Gasteiger partial charge in [0.1, 0.15) is 0 Å². The number of thioether (sulfide) groups is 1. The maximum atomic E-state index is 12.9. The molecular weight excluding hydrogens is 398 g/mol. The molecule has 0 saturated carbocycles. The summed E-state index contributed by atoms with van der Waals surface area (Å²) in [6, 6.07) is 17.5. The number of benzene rings is 2. The lowest BCUT2D eigenvalue weighted by Crippen LogP contribution is -2.27. The standard InChI is InChI=1S/C22H23N5O2S/c1-2-14-26-20(29)17-10-6-7-11-18(17)27-21(26)24-25-22(27)30-15-19(28)23-13-12-16-8-4-3-5-9-16/h3-11H,2,12-15H2,1H3,(H,23,28). The summed E-state index contributed by atoms with van der Waals surface area (Å²) >= 11 is 1.32. The summed E-state index contributed by atoms with van der Waals surface area (Å²) in [7, 11) is 0. The van der Waals surface area contributed by atoms with Crippen LogP contribution in [-0.4, -0.2) is 37.4 Å². The van der Waals surface area contributed by atoms with Crippen molar-refractivity contribution in [1.82, 2.24) is 24.5 Å². The van der Waals surface area contributed by atoms with Gasteiger partial charge in [0, 0.05) is 13.1 Å². The van der Waals surface area contributed by atoms with Gasteiger partial charge in [-0.1, -0.05) is 61.2 Å². The number of hydrogen-bond donors (Lipinski definition) is 1. The van der Waals surface area contributed by atoms with E-state index in [1.807, 2.05) is 65.9 Å². The number of carbonyl (C=O) groups excluding carboxylic acids is 1. The van der Waals surface area contributed by atoms with Crippen molar-refractivity contribution in [3.63, 3.8) is 0 Å². The van der Waals surface area contributed by atoms with Crippen molar-refractivity contribution >= 4 is 34.3 Å². The molecule has 154 valence electrons. The van der Waals surface area contributed by atoms with Crippen LogP contribution in [0.2, 0.25) is 0 Å². The van der Waals surface area contributed by atoms with Crippen molar-refractivity contribution in [2.75, 3.05) is 12.3 Å². The van der Waals surface area contributed by atoms with E-state index in [0.29, 0.717) is 29.4 Å². The Hall–Kier alpha value is -3.13. The number of aromatic nitrogens is 4.